The molecule has 1 atom stereocenters. The Hall–Kier alpha value is -1.71. The summed E-state index contributed by atoms with van der Waals surface area (Å²) in [6, 6.07) is 7.94. The molecular formula is C11H12FNO2. The molecule has 1 amide bonds. The number of rotatable bonds is 3. The van der Waals surface area contributed by atoms with Crippen LogP contribution in [0.4, 0.5) is 4.39 Å². The van der Waals surface area contributed by atoms with Crippen LogP contribution in [0.15, 0.2) is 30.3 Å². The highest BCUT2D eigenvalue weighted by molar-refractivity contribution is 6.12. The van der Waals surface area contributed by atoms with Gasteiger partial charge in [0.2, 0.25) is 12.0 Å². The molecule has 0 fully saturated rings. The van der Waals surface area contributed by atoms with Crippen LogP contribution in [0.5, 0.6) is 0 Å². The Morgan fingerprint density at radius 3 is 2.20 bits per heavy atom. The fourth-order valence-electron chi connectivity index (χ4n) is 1.09. The second-order valence-corrected chi connectivity index (χ2v) is 3.33. The summed E-state index contributed by atoms with van der Waals surface area (Å²) in [5, 5.41) is 0. The number of hydrogen-bond acceptors (Lipinski definition) is 2. The second-order valence-electron chi connectivity index (χ2n) is 3.33. The Morgan fingerprint density at radius 1 is 1.20 bits per heavy atom. The van der Waals surface area contributed by atoms with E-state index in [1.165, 1.54) is 26.2 Å². The van der Waals surface area contributed by atoms with E-state index < -0.39 is 17.9 Å². The van der Waals surface area contributed by atoms with E-state index in [1.807, 2.05) is 0 Å². The monoisotopic (exact) mass is 209 g/mol. The minimum atomic E-state index is -2.11. The van der Waals surface area contributed by atoms with Crippen molar-refractivity contribution in [2.45, 2.75) is 6.17 Å². The number of alkyl halides is 1. The quantitative estimate of drug-likeness (QED) is 0.555. The molecule has 4 heteroatoms. The van der Waals surface area contributed by atoms with Crippen molar-refractivity contribution in [1.29, 1.82) is 0 Å². The van der Waals surface area contributed by atoms with E-state index >= 15 is 0 Å². The summed E-state index contributed by atoms with van der Waals surface area (Å²) in [6.07, 6.45) is -2.11. The van der Waals surface area contributed by atoms with Gasteiger partial charge in [0.15, 0.2) is 0 Å². The Kier molecular flexibility index (Phi) is 3.55. The van der Waals surface area contributed by atoms with E-state index in [2.05, 4.69) is 0 Å². The number of nitrogens with zero attached hydrogens (tertiary/aromatic N) is 1. The lowest BCUT2D eigenvalue weighted by Crippen LogP contribution is -2.36. The van der Waals surface area contributed by atoms with E-state index in [0.717, 1.165) is 4.90 Å². The van der Waals surface area contributed by atoms with Gasteiger partial charge in [-0.25, -0.2) is 4.39 Å². The smallest absolute Gasteiger partial charge is 0.264 e. The Labute approximate surface area is 87.5 Å². The van der Waals surface area contributed by atoms with Gasteiger partial charge in [-0.2, -0.15) is 0 Å². The van der Waals surface area contributed by atoms with Gasteiger partial charge in [-0.1, -0.05) is 30.3 Å². The lowest BCUT2D eigenvalue weighted by atomic mass is 10.1. The van der Waals surface area contributed by atoms with Gasteiger partial charge in [-0.3, -0.25) is 9.59 Å². The summed E-state index contributed by atoms with van der Waals surface area (Å²) < 4.78 is 13.4. The zero-order valence-electron chi connectivity index (χ0n) is 8.61. The van der Waals surface area contributed by atoms with E-state index in [-0.39, 0.29) is 5.56 Å². The van der Waals surface area contributed by atoms with Crippen LogP contribution in [0, 0.1) is 0 Å². The molecule has 1 unspecified atom stereocenters. The molecule has 0 aromatic heterocycles. The molecule has 0 bridgehead atoms. The maximum Gasteiger partial charge on any atom is 0.264 e. The average molecular weight is 209 g/mol. The first kappa shape index (κ1) is 11.4. The van der Waals surface area contributed by atoms with Gasteiger partial charge in [-0.15, -0.1) is 0 Å². The molecule has 0 heterocycles. The molecule has 1 aromatic carbocycles. The number of amides is 1. The van der Waals surface area contributed by atoms with Crippen LogP contribution in [-0.4, -0.2) is 36.9 Å². The van der Waals surface area contributed by atoms with Crippen LogP contribution < -0.4 is 0 Å². The van der Waals surface area contributed by atoms with E-state index in [0.29, 0.717) is 0 Å². The fraction of sp³-hybridized carbons (Fsp3) is 0.273. The zero-order chi connectivity index (χ0) is 11.4. The van der Waals surface area contributed by atoms with Crippen LogP contribution in [0.2, 0.25) is 0 Å². The van der Waals surface area contributed by atoms with Crippen LogP contribution >= 0.6 is 0 Å². The summed E-state index contributed by atoms with van der Waals surface area (Å²) >= 11 is 0. The molecule has 0 aliphatic heterocycles. The number of carbonyl (C=O) groups is 2. The van der Waals surface area contributed by atoms with Crippen LogP contribution in [0.1, 0.15) is 10.4 Å². The lowest BCUT2D eigenvalue weighted by Gasteiger charge is -2.12. The average Bonchev–Trinajstić information content (AvgIpc) is 2.27. The molecule has 0 saturated heterocycles. The molecule has 0 spiro atoms. The second kappa shape index (κ2) is 4.68. The molecule has 0 N–H and O–H groups in total. The van der Waals surface area contributed by atoms with Gasteiger partial charge in [0.05, 0.1) is 0 Å². The fourth-order valence-corrected chi connectivity index (χ4v) is 1.09. The molecule has 0 saturated carbocycles. The summed E-state index contributed by atoms with van der Waals surface area (Å²) in [4.78, 5) is 23.7. The molecule has 0 aliphatic carbocycles. The van der Waals surface area contributed by atoms with Crippen molar-refractivity contribution < 1.29 is 14.0 Å². The largest absolute Gasteiger partial charge is 0.346 e. The normalized spacial score (nSPS) is 11.9. The minimum Gasteiger partial charge on any atom is -0.346 e. The standard InChI is InChI=1S/C11H12FNO2/c1-13(2)11(15)9(12)10(14)8-6-4-3-5-7-8/h3-7,9H,1-2H3. The molecule has 3 nitrogen and oxygen atoms in total. The maximum atomic E-state index is 13.4. The molecule has 1 aromatic rings. The van der Waals surface area contributed by atoms with Gasteiger partial charge in [0.1, 0.15) is 0 Å². The molecular weight excluding hydrogens is 197 g/mol. The third kappa shape index (κ3) is 2.62. The highest BCUT2D eigenvalue weighted by atomic mass is 19.1. The van der Waals surface area contributed by atoms with Crippen molar-refractivity contribution in [2.75, 3.05) is 14.1 Å². The highest BCUT2D eigenvalue weighted by Crippen LogP contribution is 2.07. The predicted octanol–water partition coefficient (Wildman–Crippen LogP) is 1.30. The zero-order valence-corrected chi connectivity index (χ0v) is 8.61. The molecule has 15 heavy (non-hydrogen) atoms. The van der Waals surface area contributed by atoms with Crippen LogP contribution in [0.3, 0.4) is 0 Å². The van der Waals surface area contributed by atoms with Gasteiger partial charge in [-0.05, 0) is 0 Å². The number of Topliss-reactive ketones (excluding diaryl/α,β-unsaturated/α-hetero) is 1. The number of hydrogen-bond donors (Lipinski definition) is 0. The summed E-state index contributed by atoms with van der Waals surface area (Å²) in [6.45, 7) is 0. The third-order valence-electron chi connectivity index (χ3n) is 1.95. The number of benzene rings is 1. The predicted molar refractivity (Wildman–Crippen MR) is 54.4 cm³/mol. The van der Waals surface area contributed by atoms with E-state index in [1.54, 1.807) is 18.2 Å². The van der Waals surface area contributed by atoms with Crippen molar-refractivity contribution in [2.24, 2.45) is 0 Å². The molecule has 0 aliphatic rings. The van der Waals surface area contributed by atoms with Crippen molar-refractivity contribution in [3.63, 3.8) is 0 Å². The van der Waals surface area contributed by atoms with Crippen molar-refractivity contribution in [1.82, 2.24) is 4.90 Å². The van der Waals surface area contributed by atoms with Gasteiger partial charge < -0.3 is 4.90 Å². The lowest BCUT2D eigenvalue weighted by molar-refractivity contribution is -0.132. The van der Waals surface area contributed by atoms with E-state index in [4.69, 9.17) is 0 Å². The first-order valence-electron chi connectivity index (χ1n) is 4.48. The van der Waals surface area contributed by atoms with Gasteiger partial charge >= 0.3 is 0 Å². The van der Waals surface area contributed by atoms with Crippen molar-refractivity contribution in [3.8, 4) is 0 Å². The van der Waals surface area contributed by atoms with Crippen molar-refractivity contribution in [3.05, 3.63) is 35.9 Å². The highest BCUT2D eigenvalue weighted by Gasteiger charge is 2.28. The Balaban J connectivity index is 2.82. The third-order valence-corrected chi connectivity index (χ3v) is 1.95. The number of ketones is 1. The van der Waals surface area contributed by atoms with Gasteiger partial charge in [0, 0.05) is 19.7 Å². The maximum absolute atomic E-state index is 13.4. The summed E-state index contributed by atoms with van der Waals surface area (Å²) in [7, 11) is 2.82. The SMILES string of the molecule is CN(C)C(=O)C(F)C(=O)c1ccccc1. The Morgan fingerprint density at radius 2 is 1.73 bits per heavy atom. The van der Waals surface area contributed by atoms with Crippen molar-refractivity contribution >= 4 is 11.7 Å². The summed E-state index contributed by atoms with van der Waals surface area (Å²) in [5.41, 5.74) is 0.209. The van der Waals surface area contributed by atoms with E-state index in [9.17, 15) is 14.0 Å². The first-order valence-corrected chi connectivity index (χ1v) is 4.48. The van der Waals surface area contributed by atoms with Gasteiger partial charge in [0.25, 0.3) is 5.91 Å². The topological polar surface area (TPSA) is 37.4 Å². The van der Waals surface area contributed by atoms with Crippen LogP contribution in [0.25, 0.3) is 0 Å². The number of carbonyl (C=O) groups excluding carboxylic acids is 2. The minimum absolute atomic E-state index is 0.209. The molecule has 80 valence electrons. The molecule has 1 rings (SSSR count). The molecule has 0 radical (unpaired) electrons. The first-order chi connectivity index (χ1) is 7.04. The van der Waals surface area contributed by atoms with Crippen LogP contribution in [-0.2, 0) is 4.79 Å². The summed E-state index contributed by atoms with van der Waals surface area (Å²) in [5.74, 6) is -1.63. The Bertz CT molecular complexity index is 362. The number of halogens is 1.